The highest BCUT2D eigenvalue weighted by molar-refractivity contribution is 6.06. The van der Waals surface area contributed by atoms with E-state index in [2.05, 4.69) is 170 Å². The van der Waals surface area contributed by atoms with Gasteiger partial charge in [-0.2, -0.15) is 0 Å². The molecule has 0 aliphatic rings. The van der Waals surface area contributed by atoms with Crippen LogP contribution in [0.15, 0.2) is 186 Å². The predicted molar refractivity (Wildman–Crippen MR) is 212 cm³/mol. The molecule has 0 N–H and O–H groups in total. The lowest BCUT2D eigenvalue weighted by molar-refractivity contribution is 0.669. The Kier molecular flexibility index (Phi) is 6.81. The van der Waals surface area contributed by atoms with Crippen LogP contribution in [-0.4, -0.2) is 9.97 Å². The van der Waals surface area contributed by atoms with E-state index in [0.29, 0.717) is 5.82 Å². The van der Waals surface area contributed by atoms with Crippen LogP contribution in [0.1, 0.15) is 0 Å². The molecule has 0 spiro atoms. The molecule has 0 amide bonds. The molecular weight excluding hydrogens is 621 g/mol. The standard InChI is InChI=1S/C48H30N2O/c1-2-11-31(12-3-1)37-26-38(35-23-24-43-42-18-8-9-20-46(42)51-47(43)29-35)28-39(27-37)44-30-45(41-19-10-16-33-14-6-7-17-40(33)41)50-48(49-44)36-22-21-32-13-4-5-15-34(32)25-36/h1-30H. The second-order valence-electron chi connectivity index (χ2n) is 13.0. The molecule has 0 atom stereocenters. The van der Waals surface area contributed by atoms with Gasteiger partial charge in [0.05, 0.1) is 11.4 Å². The first kappa shape index (κ1) is 29.1. The van der Waals surface area contributed by atoms with Gasteiger partial charge in [0, 0.05) is 27.5 Å². The highest BCUT2D eigenvalue weighted by atomic mass is 16.3. The Bertz CT molecular complexity index is 2920. The number of furan rings is 1. The van der Waals surface area contributed by atoms with Crippen molar-refractivity contribution in [2.75, 3.05) is 0 Å². The van der Waals surface area contributed by atoms with E-state index in [4.69, 9.17) is 14.4 Å². The van der Waals surface area contributed by atoms with Crippen LogP contribution in [0.5, 0.6) is 0 Å². The smallest absolute Gasteiger partial charge is 0.160 e. The minimum atomic E-state index is 0.691. The van der Waals surface area contributed by atoms with Gasteiger partial charge in [-0.15, -0.1) is 0 Å². The Morgan fingerprint density at radius 3 is 1.84 bits per heavy atom. The van der Waals surface area contributed by atoms with Crippen molar-refractivity contribution in [3.05, 3.63) is 182 Å². The molecule has 0 unspecified atom stereocenters. The molecule has 8 aromatic carbocycles. The van der Waals surface area contributed by atoms with Gasteiger partial charge in [0.2, 0.25) is 0 Å². The van der Waals surface area contributed by atoms with Gasteiger partial charge >= 0.3 is 0 Å². The fourth-order valence-electron chi connectivity index (χ4n) is 7.28. The van der Waals surface area contributed by atoms with Gasteiger partial charge in [-0.05, 0) is 92.3 Å². The molecule has 0 fully saturated rings. The van der Waals surface area contributed by atoms with Crippen LogP contribution >= 0.6 is 0 Å². The van der Waals surface area contributed by atoms with Crippen LogP contribution in [0.4, 0.5) is 0 Å². The second-order valence-corrected chi connectivity index (χ2v) is 13.0. The zero-order chi connectivity index (χ0) is 33.7. The minimum absolute atomic E-state index is 0.691. The number of hydrogen-bond acceptors (Lipinski definition) is 3. The molecule has 3 nitrogen and oxygen atoms in total. The normalized spacial score (nSPS) is 11.5. The maximum Gasteiger partial charge on any atom is 0.160 e. The average molecular weight is 651 g/mol. The average Bonchev–Trinajstić information content (AvgIpc) is 3.58. The third-order valence-electron chi connectivity index (χ3n) is 9.85. The van der Waals surface area contributed by atoms with Gasteiger partial charge in [-0.25, -0.2) is 9.97 Å². The molecule has 3 heteroatoms. The fraction of sp³-hybridized carbons (Fsp3) is 0. The van der Waals surface area contributed by atoms with Crippen LogP contribution in [0.25, 0.3) is 99.6 Å². The summed E-state index contributed by atoms with van der Waals surface area (Å²) in [5.41, 5.74) is 11.0. The Morgan fingerprint density at radius 1 is 0.314 bits per heavy atom. The Balaban J connectivity index is 1.21. The summed E-state index contributed by atoms with van der Waals surface area (Å²) in [6.07, 6.45) is 0. The van der Waals surface area contributed by atoms with Crippen molar-refractivity contribution in [1.29, 1.82) is 0 Å². The molecule has 0 saturated heterocycles. The zero-order valence-electron chi connectivity index (χ0n) is 27.6. The van der Waals surface area contributed by atoms with Crippen LogP contribution < -0.4 is 0 Å². The van der Waals surface area contributed by atoms with Crippen LogP contribution in [0, 0.1) is 0 Å². The lowest BCUT2D eigenvalue weighted by Gasteiger charge is -2.14. The summed E-state index contributed by atoms with van der Waals surface area (Å²) in [6, 6.07) is 64.0. The van der Waals surface area contributed by atoms with Crippen LogP contribution in [0.3, 0.4) is 0 Å². The molecular formula is C48H30N2O. The Hall–Kier alpha value is -6.84. The van der Waals surface area contributed by atoms with Gasteiger partial charge < -0.3 is 4.42 Å². The topological polar surface area (TPSA) is 38.9 Å². The molecule has 0 bridgehead atoms. The van der Waals surface area contributed by atoms with E-state index in [1.54, 1.807) is 0 Å². The molecule has 0 saturated carbocycles. The third kappa shape index (κ3) is 5.24. The lowest BCUT2D eigenvalue weighted by Crippen LogP contribution is -1.97. The van der Waals surface area contributed by atoms with Gasteiger partial charge in [0.1, 0.15) is 11.2 Å². The number of rotatable bonds is 5. The summed E-state index contributed by atoms with van der Waals surface area (Å²) >= 11 is 0. The lowest BCUT2D eigenvalue weighted by atomic mass is 9.94. The number of hydrogen-bond donors (Lipinski definition) is 0. The van der Waals surface area contributed by atoms with Gasteiger partial charge in [-0.3, -0.25) is 0 Å². The second kappa shape index (κ2) is 11.9. The Labute approximate surface area is 295 Å². The number of nitrogens with zero attached hydrogens (tertiary/aromatic N) is 2. The number of benzene rings is 8. The maximum atomic E-state index is 6.32. The van der Waals surface area contributed by atoms with Crippen molar-refractivity contribution in [1.82, 2.24) is 9.97 Å². The largest absolute Gasteiger partial charge is 0.456 e. The molecule has 10 aromatic rings. The first-order valence-electron chi connectivity index (χ1n) is 17.2. The molecule has 0 aliphatic carbocycles. The number of fused-ring (bicyclic) bond motifs is 5. The SMILES string of the molecule is c1ccc(-c2cc(-c3ccc4c(c3)oc3ccccc34)cc(-c3cc(-c4cccc5ccccc45)nc(-c4ccc5ccccc5c4)n3)c2)cc1. The maximum absolute atomic E-state index is 6.32. The van der Waals surface area contributed by atoms with Gasteiger partial charge in [0.25, 0.3) is 0 Å². The summed E-state index contributed by atoms with van der Waals surface area (Å²) < 4.78 is 6.32. The molecule has 51 heavy (non-hydrogen) atoms. The fourth-order valence-corrected chi connectivity index (χ4v) is 7.28. The summed E-state index contributed by atoms with van der Waals surface area (Å²) in [5, 5.41) is 6.92. The molecule has 2 aromatic heterocycles. The van der Waals surface area contributed by atoms with E-state index in [9.17, 15) is 0 Å². The molecule has 238 valence electrons. The Morgan fingerprint density at radius 2 is 0.961 bits per heavy atom. The summed E-state index contributed by atoms with van der Waals surface area (Å²) in [7, 11) is 0. The molecule has 2 heterocycles. The monoisotopic (exact) mass is 650 g/mol. The van der Waals surface area contributed by atoms with E-state index in [0.717, 1.165) is 83.0 Å². The van der Waals surface area contributed by atoms with E-state index in [1.165, 1.54) is 10.8 Å². The summed E-state index contributed by atoms with van der Waals surface area (Å²) in [4.78, 5) is 10.6. The van der Waals surface area contributed by atoms with Crippen molar-refractivity contribution in [2.45, 2.75) is 0 Å². The van der Waals surface area contributed by atoms with E-state index < -0.39 is 0 Å². The molecule has 0 radical (unpaired) electrons. The third-order valence-corrected chi connectivity index (χ3v) is 9.85. The molecule has 0 aliphatic heterocycles. The van der Waals surface area contributed by atoms with Gasteiger partial charge in [-0.1, -0.05) is 133 Å². The first-order valence-corrected chi connectivity index (χ1v) is 17.2. The van der Waals surface area contributed by atoms with Gasteiger partial charge in [0.15, 0.2) is 5.82 Å². The predicted octanol–water partition coefficient (Wildman–Crippen LogP) is 13.0. The highest BCUT2D eigenvalue weighted by Crippen LogP contribution is 2.38. The van der Waals surface area contributed by atoms with Crippen molar-refractivity contribution in [3.63, 3.8) is 0 Å². The zero-order valence-corrected chi connectivity index (χ0v) is 27.6. The summed E-state index contributed by atoms with van der Waals surface area (Å²) in [5.74, 6) is 0.691. The van der Waals surface area contributed by atoms with Crippen LogP contribution in [-0.2, 0) is 0 Å². The number of aromatic nitrogens is 2. The quantitative estimate of drug-likeness (QED) is 0.186. The molecule has 10 rings (SSSR count). The first-order chi connectivity index (χ1) is 25.2. The van der Waals surface area contributed by atoms with Crippen molar-refractivity contribution >= 4 is 43.5 Å². The van der Waals surface area contributed by atoms with Crippen molar-refractivity contribution in [3.8, 4) is 56.2 Å². The number of para-hydroxylation sites is 1. The highest BCUT2D eigenvalue weighted by Gasteiger charge is 2.16. The van der Waals surface area contributed by atoms with Crippen molar-refractivity contribution < 1.29 is 4.42 Å². The van der Waals surface area contributed by atoms with Crippen LogP contribution in [0.2, 0.25) is 0 Å². The van der Waals surface area contributed by atoms with Crippen molar-refractivity contribution in [2.24, 2.45) is 0 Å². The van der Waals surface area contributed by atoms with E-state index in [-0.39, 0.29) is 0 Å². The summed E-state index contributed by atoms with van der Waals surface area (Å²) in [6.45, 7) is 0. The van der Waals surface area contributed by atoms with E-state index in [1.807, 2.05) is 12.1 Å². The minimum Gasteiger partial charge on any atom is -0.456 e. The van der Waals surface area contributed by atoms with E-state index >= 15 is 0 Å².